The molecule has 26 heavy (non-hydrogen) atoms. The minimum Gasteiger partial charge on any atom is -0.356 e. The molecule has 1 N–H and O–H groups in total. The fraction of sp³-hybridized carbons (Fsp3) is 0.238. The molecule has 0 aliphatic rings. The Morgan fingerprint density at radius 1 is 1.15 bits per heavy atom. The molecule has 0 saturated carbocycles. The van der Waals surface area contributed by atoms with Crippen molar-refractivity contribution in [1.82, 2.24) is 15.4 Å². The molecule has 2 aromatic carbocycles. The van der Waals surface area contributed by atoms with Crippen LogP contribution in [0.4, 0.5) is 4.79 Å². The van der Waals surface area contributed by atoms with E-state index in [-0.39, 0.29) is 12.1 Å². The number of aryl methyl sites for hydroxylation is 1. The molecule has 0 aliphatic carbocycles. The summed E-state index contributed by atoms with van der Waals surface area (Å²) in [5.41, 5.74) is 3.95. The highest BCUT2D eigenvalue weighted by Gasteiger charge is 2.17. The van der Waals surface area contributed by atoms with Gasteiger partial charge < -0.3 is 14.7 Å². The van der Waals surface area contributed by atoms with E-state index < -0.39 is 0 Å². The first-order valence-electron chi connectivity index (χ1n) is 8.63. The largest absolute Gasteiger partial charge is 0.356 e. The summed E-state index contributed by atoms with van der Waals surface area (Å²) in [5, 5.41) is 6.92. The van der Waals surface area contributed by atoms with Gasteiger partial charge in [-0.15, -0.1) is 0 Å². The number of aromatic nitrogens is 1. The number of hydrogen-bond donors (Lipinski definition) is 1. The predicted octanol–water partition coefficient (Wildman–Crippen LogP) is 4.55. The molecule has 5 heteroatoms. The molecule has 0 spiro atoms. The lowest BCUT2D eigenvalue weighted by Crippen LogP contribution is -2.38. The molecule has 1 aromatic heterocycles. The number of nitrogens with one attached hydrogen (secondary N) is 1. The molecule has 2 amide bonds. The van der Waals surface area contributed by atoms with Gasteiger partial charge in [0.25, 0.3) is 0 Å². The zero-order valence-corrected chi connectivity index (χ0v) is 15.3. The third-order valence-corrected chi connectivity index (χ3v) is 4.50. The van der Waals surface area contributed by atoms with Crippen LogP contribution in [0.1, 0.15) is 29.8 Å². The third kappa shape index (κ3) is 4.11. The van der Waals surface area contributed by atoms with Gasteiger partial charge in [0.2, 0.25) is 0 Å². The van der Waals surface area contributed by atoms with Gasteiger partial charge in [-0.1, -0.05) is 65.3 Å². The van der Waals surface area contributed by atoms with E-state index >= 15 is 0 Å². The fourth-order valence-corrected chi connectivity index (χ4v) is 2.67. The number of nitrogens with zero attached hydrogens (tertiary/aromatic N) is 2. The van der Waals surface area contributed by atoms with Crippen molar-refractivity contribution in [3.63, 3.8) is 0 Å². The number of rotatable bonds is 5. The standard InChI is InChI=1S/C21H23N3O2/c1-15-9-11-17(12-10-15)16(2)24(3)21(25)22-14-19-13-20(26-23-19)18-7-5-4-6-8-18/h4-13,16H,14H2,1-3H3,(H,22,25). The lowest BCUT2D eigenvalue weighted by molar-refractivity contribution is 0.193. The van der Waals surface area contributed by atoms with Crippen LogP contribution in [0.25, 0.3) is 11.3 Å². The number of amides is 2. The van der Waals surface area contributed by atoms with Crippen molar-refractivity contribution in [2.45, 2.75) is 26.4 Å². The summed E-state index contributed by atoms with van der Waals surface area (Å²) in [6.07, 6.45) is 0. The van der Waals surface area contributed by atoms with Crippen molar-refractivity contribution in [3.05, 3.63) is 77.5 Å². The van der Waals surface area contributed by atoms with Crippen LogP contribution >= 0.6 is 0 Å². The Kier molecular flexibility index (Phi) is 5.37. The van der Waals surface area contributed by atoms with Gasteiger partial charge in [-0.05, 0) is 19.4 Å². The van der Waals surface area contributed by atoms with Gasteiger partial charge in [0.05, 0.1) is 12.6 Å². The van der Waals surface area contributed by atoms with Gasteiger partial charge in [-0.3, -0.25) is 0 Å². The molecule has 0 radical (unpaired) electrons. The van der Waals surface area contributed by atoms with Gasteiger partial charge in [-0.25, -0.2) is 4.79 Å². The predicted molar refractivity (Wildman–Crippen MR) is 102 cm³/mol. The molecule has 1 unspecified atom stereocenters. The van der Waals surface area contributed by atoms with Crippen LogP contribution in [0, 0.1) is 6.92 Å². The summed E-state index contributed by atoms with van der Waals surface area (Å²) in [6, 6.07) is 19.6. The smallest absolute Gasteiger partial charge is 0.317 e. The molecule has 134 valence electrons. The van der Waals surface area contributed by atoms with E-state index in [1.807, 2.05) is 62.4 Å². The van der Waals surface area contributed by atoms with E-state index in [1.165, 1.54) is 5.56 Å². The second-order valence-corrected chi connectivity index (χ2v) is 6.40. The fourth-order valence-electron chi connectivity index (χ4n) is 2.67. The second-order valence-electron chi connectivity index (χ2n) is 6.40. The highest BCUT2D eigenvalue weighted by atomic mass is 16.5. The Labute approximate surface area is 153 Å². The van der Waals surface area contributed by atoms with Crippen molar-refractivity contribution >= 4 is 6.03 Å². The zero-order chi connectivity index (χ0) is 18.5. The number of carbonyl (C=O) groups excluding carboxylic acids is 1. The van der Waals surface area contributed by atoms with Crippen molar-refractivity contribution in [2.75, 3.05) is 7.05 Å². The summed E-state index contributed by atoms with van der Waals surface area (Å²) in [4.78, 5) is 14.1. The molecular weight excluding hydrogens is 326 g/mol. The quantitative estimate of drug-likeness (QED) is 0.735. The molecule has 3 rings (SSSR count). The summed E-state index contributed by atoms with van der Waals surface area (Å²) in [5.74, 6) is 0.691. The SMILES string of the molecule is Cc1ccc(C(C)N(C)C(=O)NCc2cc(-c3ccccc3)on2)cc1. The van der Waals surface area contributed by atoms with E-state index in [4.69, 9.17) is 4.52 Å². The summed E-state index contributed by atoms with van der Waals surface area (Å²) < 4.78 is 5.36. The van der Waals surface area contributed by atoms with Gasteiger partial charge in [0, 0.05) is 18.7 Å². The average Bonchev–Trinajstić information content (AvgIpc) is 3.15. The van der Waals surface area contributed by atoms with Crippen LogP contribution in [0.15, 0.2) is 65.2 Å². The minimum atomic E-state index is -0.151. The minimum absolute atomic E-state index is 0.0206. The number of carbonyl (C=O) groups is 1. The molecule has 3 aromatic rings. The summed E-state index contributed by atoms with van der Waals surface area (Å²) in [7, 11) is 1.79. The number of urea groups is 1. The highest BCUT2D eigenvalue weighted by molar-refractivity contribution is 5.74. The van der Waals surface area contributed by atoms with E-state index in [2.05, 4.69) is 22.6 Å². The third-order valence-electron chi connectivity index (χ3n) is 4.50. The van der Waals surface area contributed by atoms with Crippen LogP contribution in [0.5, 0.6) is 0 Å². The van der Waals surface area contributed by atoms with E-state index in [0.717, 1.165) is 11.1 Å². The maximum atomic E-state index is 12.4. The van der Waals surface area contributed by atoms with Crippen LogP contribution in [0.3, 0.4) is 0 Å². The van der Waals surface area contributed by atoms with Crippen LogP contribution in [-0.2, 0) is 6.54 Å². The van der Waals surface area contributed by atoms with Crippen LogP contribution < -0.4 is 5.32 Å². The Balaban J connectivity index is 1.58. The van der Waals surface area contributed by atoms with Crippen LogP contribution in [0.2, 0.25) is 0 Å². The summed E-state index contributed by atoms with van der Waals surface area (Å²) in [6.45, 7) is 4.38. The molecular formula is C21H23N3O2. The molecule has 1 heterocycles. The first-order chi connectivity index (χ1) is 12.5. The Bertz CT molecular complexity index is 856. The van der Waals surface area contributed by atoms with Gasteiger partial charge in [0.1, 0.15) is 5.69 Å². The molecule has 0 bridgehead atoms. The van der Waals surface area contributed by atoms with E-state index in [9.17, 15) is 4.79 Å². The topological polar surface area (TPSA) is 58.4 Å². The molecule has 0 aliphatic heterocycles. The maximum absolute atomic E-state index is 12.4. The van der Waals surface area contributed by atoms with Gasteiger partial charge in [0.15, 0.2) is 5.76 Å². The number of benzene rings is 2. The van der Waals surface area contributed by atoms with Crippen molar-refractivity contribution in [1.29, 1.82) is 0 Å². The molecule has 1 atom stereocenters. The van der Waals surface area contributed by atoms with Gasteiger partial charge in [-0.2, -0.15) is 0 Å². The van der Waals surface area contributed by atoms with Crippen molar-refractivity contribution in [2.24, 2.45) is 0 Å². The monoisotopic (exact) mass is 349 g/mol. The lowest BCUT2D eigenvalue weighted by atomic mass is 10.1. The summed E-state index contributed by atoms with van der Waals surface area (Å²) >= 11 is 0. The Hall–Kier alpha value is -3.08. The highest BCUT2D eigenvalue weighted by Crippen LogP contribution is 2.21. The Morgan fingerprint density at radius 2 is 1.85 bits per heavy atom. The second kappa shape index (κ2) is 7.87. The van der Waals surface area contributed by atoms with E-state index in [1.54, 1.807) is 11.9 Å². The normalized spacial score (nSPS) is 11.8. The molecule has 0 fully saturated rings. The van der Waals surface area contributed by atoms with Crippen LogP contribution in [-0.4, -0.2) is 23.1 Å². The first-order valence-corrected chi connectivity index (χ1v) is 8.63. The average molecular weight is 349 g/mol. The van der Waals surface area contributed by atoms with Crippen molar-refractivity contribution in [3.8, 4) is 11.3 Å². The molecule has 0 saturated heterocycles. The molecule has 5 nitrogen and oxygen atoms in total. The number of hydrogen-bond acceptors (Lipinski definition) is 3. The maximum Gasteiger partial charge on any atom is 0.317 e. The Morgan fingerprint density at radius 3 is 2.54 bits per heavy atom. The lowest BCUT2D eigenvalue weighted by Gasteiger charge is -2.25. The van der Waals surface area contributed by atoms with E-state index in [0.29, 0.717) is 18.0 Å². The van der Waals surface area contributed by atoms with Crippen molar-refractivity contribution < 1.29 is 9.32 Å². The first kappa shape index (κ1) is 17.7. The zero-order valence-electron chi connectivity index (χ0n) is 15.3. The van der Waals surface area contributed by atoms with Gasteiger partial charge >= 0.3 is 6.03 Å².